The van der Waals surface area contributed by atoms with Crippen LogP contribution in [0.5, 0.6) is 0 Å². The highest BCUT2D eigenvalue weighted by molar-refractivity contribution is 7.89. The van der Waals surface area contributed by atoms with Crippen molar-refractivity contribution in [2.24, 2.45) is 5.16 Å². The van der Waals surface area contributed by atoms with Crippen molar-refractivity contribution >= 4 is 21.6 Å². The number of carbonyl (C=O) groups is 1. The van der Waals surface area contributed by atoms with Gasteiger partial charge in [-0.15, -0.1) is 0 Å². The first-order valence-corrected chi connectivity index (χ1v) is 11.0. The minimum atomic E-state index is -4.42. The van der Waals surface area contributed by atoms with Crippen LogP contribution in [-0.2, 0) is 19.7 Å². The Hall–Kier alpha value is -2.99. The smallest absolute Gasteiger partial charge is 0.266 e. The summed E-state index contributed by atoms with van der Waals surface area (Å²) in [5.41, 5.74) is 0.905. The Kier molecular flexibility index (Phi) is 5.91. The minimum absolute atomic E-state index is 0.0154. The first-order chi connectivity index (χ1) is 15.2. The van der Waals surface area contributed by atoms with Gasteiger partial charge in [-0.3, -0.25) is 4.79 Å². The highest BCUT2D eigenvalue weighted by Gasteiger charge is 2.37. The molecule has 1 saturated heterocycles. The Balaban J connectivity index is 1.39. The number of nitrogens with zero attached hydrogens (tertiary/aromatic N) is 3. The summed E-state index contributed by atoms with van der Waals surface area (Å²) in [5, 5.41) is 3.85. The number of benzene rings is 2. The van der Waals surface area contributed by atoms with E-state index in [1.165, 1.54) is 23.1 Å². The Morgan fingerprint density at radius 2 is 1.72 bits per heavy atom. The second kappa shape index (κ2) is 8.51. The molecular formula is C20H17F4N3O4S. The number of sulfonamides is 1. The van der Waals surface area contributed by atoms with Crippen LogP contribution in [0.25, 0.3) is 0 Å². The topological polar surface area (TPSA) is 79.3 Å². The summed E-state index contributed by atoms with van der Waals surface area (Å²) in [6.45, 7) is -0.370. The van der Waals surface area contributed by atoms with Crippen molar-refractivity contribution in [2.75, 3.05) is 26.2 Å². The van der Waals surface area contributed by atoms with E-state index in [-0.39, 0.29) is 32.6 Å². The van der Waals surface area contributed by atoms with E-state index in [2.05, 4.69) is 5.16 Å². The highest BCUT2D eigenvalue weighted by atomic mass is 32.2. The van der Waals surface area contributed by atoms with E-state index in [1.807, 2.05) is 0 Å². The molecule has 2 heterocycles. The summed E-state index contributed by atoms with van der Waals surface area (Å²) < 4.78 is 80.2. The van der Waals surface area contributed by atoms with E-state index in [1.54, 1.807) is 6.07 Å². The molecule has 2 aromatic carbocycles. The predicted octanol–water partition coefficient (Wildman–Crippen LogP) is 2.27. The van der Waals surface area contributed by atoms with Crippen molar-refractivity contribution in [3.63, 3.8) is 0 Å². The lowest BCUT2D eigenvalue weighted by Crippen LogP contribution is -2.52. The summed E-state index contributed by atoms with van der Waals surface area (Å²) in [5.74, 6) is -6.02. The van der Waals surface area contributed by atoms with Crippen LogP contribution in [0, 0.1) is 23.3 Å². The van der Waals surface area contributed by atoms with Crippen LogP contribution in [-0.4, -0.2) is 61.5 Å². The lowest BCUT2D eigenvalue weighted by Gasteiger charge is -2.34. The van der Waals surface area contributed by atoms with Crippen LogP contribution in [0.1, 0.15) is 12.0 Å². The summed E-state index contributed by atoms with van der Waals surface area (Å²) in [7, 11) is -4.42. The molecule has 1 atom stereocenters. The van der Waals surface area contributed by atoms with E-state index in [0.29, 0.717) is 23.4 Å². The van der Waals surface area contributed by atoms with E-state index in [0.717, 1.165) is 4.31 Å². The third-order valence-electron chi connectivity index (χ3n) is 5.27. The first kappa shape index (κ1) is 22.2. The van der Waals surface area contributed by atoms with E-state index in [9.17, 15) is 30.8 Å². The third kappa shape index (κ3) is 4.07. The lowest BCUT2D eigenvalue weighted by atomic mass is 10.0. The van der Waals surface area contributed by atoms with Gasteiger partial charge in [-0.1, -0.05) is 17.3 Å². The van der Waals surface area contributed by atoms with Gasteiger partial charge in [-0.25, -0.2) is 26.0 Å². The number of amides is 1. The zero-order valence-electron chi connectivity index (χ0n) is 16.5. The van der Waals surface area contributed by atoms with Gasteiger partial charge in [0.15, 0.2) is 17.5 Å². The number of halogens is 4. The van der Waals surface area contributed by atoms with E-state index in [4.69, 9.17) is 4.84 Å². The second-order valence-corrected chi connectivity index (χ2v) is 9.16. The van der Waals surface area contributed by atoms with Crippen molar-refractivity contribution in [3.8, 4) is 0 Å². The molecule has 32 heavy (non-hydrogen) atoms. The summed E-state index contributed by atoms with van der Waals surface area (Å²) in [4.78, 5) is 18.3. The van der Waals surface area contributed by atoms with Crippen molar-refractivity contribution < 1.29 is 35.6 Å². The standard InChI is InChI=1S/C20H17F4N3O4S/c21-13-3-1-2-12(10-13)15-11-16(31-25-15)20(28)26-6-8-27(9-7-26)32(29,30)17-5-4-14(22)18(23)19(17)24/h1-5,10,16H,6-9,11H2. The molecule has 2 aliphatic heterocycles. The Bertz CT molecular complexity index is 1200. The first-order valence-electron chi connectivity index (χ1n) is 9.59. The minimum Gasteiger partial charge on any atom is -0.382 e. The molecule has 1 amide bonds. The monoisotopic (exact) mass is 471 g/mol. The van der Waals surface area contributed by atoms with Gasteiger partial charge >= 0.3 is 0 Å². The van der Waals surface area contributed by atoms with Gasteiger partial charge < -0.3 is 9.74 Å². The lowest BCUT2D eigenvalue weighted by molar-refractivity contribution is -0.143. The van der Waals surface area contributed by atoms with Gasteiger partial charge in [-0.2, -0.15) is 4.31 Å². The average molecular weight is 471 g/mol. The van der Waals surface area contributed by atoms with Crippen LogP contribution in [0.4, 0.5) is 17.6 Å². The average Bonchev–Trinajstić information content (AvgIpc) is 3.27. The molecule has 7 nitrogen and oxygen atoms in total. The summed E-state index contributed by atoms with van der Waals surface area (Å²) >= 11 is 0. The van der Waals surface area contributed by atoms with Crippen LogP contribution in [0.15, 0.2) is 46.4 Å². The maximum Gasteiger partial charge on any atom is 0.266 e. The van der Waals surface area contributed by atoms with Gasteiger partial charge in [0.05, 0.1) is 5.71 Å². The Morgan fingerprint density at radius 1 is 1.00 bits per heavy atom. The van der Waals surface area contributed by atoms with Crippen molar-refractivity contribution in [2.45, 2.75) is 17.4 Å². The van der Waals surface area contributed by atoms with E-state index < -0.39 is 50.2 Å². The fourth-order valence-electron chi connectivity index (χ4n) is 3.55. The number of hydrogen-bond acceptors (Lipinski definition) is 5. The number of carbonyl (C=O) groups excluding carboxylic acids is 1. The highest BCUT2D eigenvalue weighted by Crippen LogP contribution is 2.25. The molecule has 12 heteroatoms. The third-order valence-corrected chi connectivity index (χ3v) is 7.19. The molecular weight excluding hydrogens is 454 g/mol. The molecule has 1 unspecified atom stereocenters. The molecule has 0 aliphatic carbocycles. The molecule has 1 fully saturated rings. The molecule has 170 valence electrons. The number of rotatable bonds is 4. The fourth-order valence-corrected chi connectivity index (χ4v) is 5.03. The maximum absolute atomic E-state index is 14.0. The largest absolute Gasteiger partial charge is 0.382 e. The molecule has 0 saturated carbocycles. The van der Waals surface area contributed by atoms with Crippen molar-refractivity contribution in [3.05, 3.63) is 65.2 Å². The quantitative estimate of drug-likeness (QED) is 0.506. The number of hydrogen-bond donors (Lipinski definition) is 0. The molecule has 0 N–H and O–H groups in total. The Labute approximate surface area is 180 Å². The zero-order valence-corrected chi connectivity index (χ0v) is 17.3. The normalized spacial score (nSPS) is 19.6. The van der Waals surface area contributed by atoms with E-state index >= 15 is 0 Å². The number of oxime groups is 1. The van der Waals surface area contributed by atoms with Crippen LogP contribution in [0.2, 0.25) is 0 Å². The molecule has 4 rings (SSSR count). The molecule has 2 aliphatic rings. The molecule has 2 aromatic rings. The fraction of sp³-hybridized carbons (Fsp3) is 0.300. The van der Waals surface area contributed by atoms with Crippen LogP contribution in [0.3, 0.4) is 0 Å². The predicted molar refractivity (Wildman–Crippen MR) is 104 cm³/mol. The molecule has 0 radical (unpaired) electrons. The number of piperazine rings is 1. The van der Waals surface area contributed by atoms with Crippen molar-refractivity contribution in [1.82, 2.24) is 9.21 Å². The second-order valence-electron chi connectivity index (χ2n) is 7.25. The molecule has 0 spiro atoms. The molecule has 0 bridgehead atoms. The van der Waals surface area contributed by atoms with Crippen LogP contribution >= 0.6 is 0 Å². The maximum atomic E-state index is 14.0. The van der Waals surface area contributed by atoms with Crippen molar-refractivity contribution in [1.29, 1.82) is 0 Å². The van der Waals surface area contributed by atoms with Gasteiger partial charge in [0.2, 0.25) is 16.1 Å². The van der Waals surface area contributed by atoms with Gasteiger partial charge in [-0.05, 0) is 24.3 Å². The van der Waals surface area contributed by atoms with Gasteiger partial charge in [0.1, 0.15) is 10.7 Å². The summed E-state index contributed by atoms with van der Waals surface area (Å²) in [6, 6.07) is 6.91. The SMILES string of the molecule is O=C(C1CC(c2cccc(F)c2)=NO1)N1CCN(S(=O)(=O)c2ccc(F)c(F)c2F)CC1. The van der Waals surface area contributed by atoms with Gasteiger partial charge in [0, 0.05) is 38.2 Å². The summed E-state index contributed by atoms with van der Waals surface area (Å²) in [6.07, 6.45) is -0.805. The Morgan fingerprint density at radius 3 is 2.41 bits per heavy atom. The zero-order chi connectivity index (χ0) is 23.0. The van der Waals surface area contributed by atoms with Gasteiger partial charge in [0.25, 0.3) is 5.91 Å². The van der Waals surface area contributed by atoms with Crippen LogP contribution < -0.4 is 0 Å². The molecule has 0 aromatic heterocycles.